The maximum absolute atomic E-state index is 4.60. The zero-order valence-electron chi connectivity index (χ0n) is 12.6. The predicted octanol–water partition coefficient (Wildman–Crippen LogP) is 3.07. The van der Waals surface area contributed by atoms with E-state index in [1.807, 2.05) is 18.5 Å². The van der Waals surface area contributed by atoms with E-state index >= 15 is 0 Å². The third kappa shape index (κ3) is 2.37. The second-order valence-corrected chi connectivity index (χ2v) is 5.75. The molecule has 108 valence electrons. The van der Waals surface area contributed by atoms with Crippen molar-refractivity contribution in [2.75, 3.05) is 11.9 Å². The molecule has 0 radical (unpaired) electrons. The van der Waals surface area contributed by atoms with Crippen LogP contribution in [0.15, 0.2) is 0 Å². The predicted molar refractivity (Wildman–Crippen MR) is 80.9 cm³/mol. The number of rotatable bonds is 4. The first-order valence-electron chi connectivity index (χ1n) is 7.64. The highest BCUT2D eigenvalue weighted by Gasteiger charge is 2.18. The van der Waals surface area contributed by atoms with Crippen molar-refractivity contribution < 1.29 is 0 Å². The summed E-state index contributed by atoms with van der Waals surface area (Å²) >= 11 is 0. The van der Waals surface area contributed by atoms with Gasteiger partial charge in [-0.1, -0.05) is 12.8 Å². The third-order valence-electron chi connectivity index (χ3n) is 4.20. The van der Waals surface area contributed by atoms with Crippen molar-refractivity contribution in [3.05, 3.63) is 11.5 Å². The largest absolute Gasteiger partial charge is 0.368 e. The van der Waals surface area contributed by atoms with Crippen molar-refractivity contribution in [1.82, 2.24) is 19.7 Å². The van der Waals surface area contributed by atoms with Gasteiger partial charge in [-0.3, -0.25) is 4.68 Å². The van der Waals surface area contributed by atoms with Crippen LogP contribution in [0.2, 0.25) is 0 Å². The fraction of sp³-hybridized carbons (Fsp3) is 0.667. The van der Waals surface area contributed by atoms with E-state index < -0.39 is 0 Å². The Bertz CT molecular complexity index is 610. The molecule has 0 saturated heterocycles. The Kier molecular flexibility index (Phi) is 3.59. The average molecular weight is 273 g/mol. The van der Waals surface area contributed by atoms with Crippen molar-refractivity contribution in [2.45, 2.75) is 53.0 Å². The minimum atomic E-state index is 0.791. The first-order chi connectivity index (χ1) is 9.69. The Hall–Kier alpha value is -1.65. The SMILES string of the molecule is CCn1nc(C)c2nc(C)nc(NCC3CCCC3)c21. The third-order valence-corrected chi connectivity index (χ3v) is 4.20. The zero-order chi connectivity index (χ0) is 14.1. The van der Waals surface area contributed by atoms with E-state index in [1.54, 1.807) is 0 Å². The van der Waals surface area contributed by atoms with Crippen LogP contribution in [0.5, 0.6) is 0 Å². The number of hydrogen-bond acceptors (Lipinski definition) is 4. The van der Waals surface area contributed by atoms with Crippen LogP contribution in [0, 0.1) is 19.8 Å². The molecular weight excluding hydrogens is 250 g/mol. The molecule has 1 fully saturated rings. The second-order valence-electron chi connectivity index (χ2n) is 5.75. The molecule has 0 bridgehead atoms. The van der Waals surface area contributed by atoms with Gasteiger partial charge in [-0.05, 0) is 39.5 Å². The molecular formula is C15H23N5. The minimum Gasteiger partial charge on any atom is -0.368 e. The van der Waals surface area contributed by atoms with Crippen LogP contribution in [0.1, 0.15) is 44.1 Å². The lowest BCUT2D eigenvalue weighted by atomic mass is 10.1. The highest BCUT2D eigenvalue weighted by Crippen LogP contribution is 2.27. The first kappa shape index (κ1) is 13.3. The molecule has 1 aliphatic carbocycles. The number of hydrogen-bond donors (Lipinski definition) is 1. The van der Waals surface area contributed by atoms with E-state index in [9.17, 15) is 0 Å². The van der Waals surface area contributed by atoms with Crippen LogP contribution >= 0.6 is 0 Å². The summed E-state index contributed by atoms with van der Waals surface area (Å²) in [4.78, 5) is 9.15. The van der Waals surface area contributed by atoms with Gasteiger partial charge in [0, 0.05) is 13.1 Å². The van der Waals surface area contributed by atoms with Gasteiger partial charge in [0.05, 0.1) is 5.69 Å². The molecule has 0 unspecified atom stereocenters. The highest BCUT2D eigenvalue weighted by molar-refractivity contribution is 5.87. The normalized spacial score (nSPS) is 16.1. The van der Waals surface area contributed by atoms with E-state index in [0.717, 1.165) is 47.4 Å². The lowest BCUT2D eigenvalue weighted by Gasteiger charge is -2.13. The van der Waals surface area contributed by atoms with Crippen LogP contribution in [-0.4, -0.2) is 26.3 Å². The first-order valence-corrected chi connectivity index (χ1v) is 7.64. The van der Waals surface area contributed by atoms with Crippen LogP contribution in [0.4, 0.5) is 5.82 Å². The van der Waals surface area contributed by atoms with E-state index in [1.165, 1.54) is 25.7 Å². The molecule has 5 heteroatoms. The highest BCUT2D eigenvalue weighted by atomic mass is 15.3. The monoisotopic (exact) mass is 273 g/mol. The molecule has 0 atom stereocenters. The summed E-state index contributed by atoms with van der Waals surface area (Å²) < 4.78 is 2.00. The molecule has 2 aromatic heterocycles. The second kappa shape index (κ2) is 5.38. The van der Waals surface area contributed by atoms with Gasteiger partial charge in [0.2, 0.25) is 0 Å². The molecule has 20 heavy (non-hydrogen) atoms. The summed E-state index contributed by atoms with van der Waals surface area (Å²) in [5, 5.41) is 8.11. The number of nitrogens with zero attached hydrogens (tertiary/aromatic N) is 4. The Labute approximate surface area is 119 Å². The summed E-state index contributed by atoms with van der Waals surface area (Å²) in [6, 6.07) is 0. The van der Waals surface area contributed by atoms with Gasteiger partial charge >= 0.3 is 0 Å². The van der Waals surface area contributed by atoms with Gasteiger partial charge in [0.25, 0.3) is 0 Å². The number of fused-ring (bicyclic) bond motifs is 1. The zero-order valence-corrected chi connectivity index (χ0v) is 12.6. The van der Waals surface area contributed by atoms with E-state index in [4.69, 9.17) is 0 Å². The lowest BCUT2D eigenvalue weighted by molar-refractivity contribution is 0.578. The standard InChI is InChI=1S/C15H23N5/c1-4-20-14-13(10(2)19-20)17-11(3)18-15(14)16-9-12-7-5-6-8-12/h12H,4-9H2,1-3H3,(H,16,17,18). The number of aryl methyl sites for hydroxylation is 3. The molecule has 2 aromatic rings. The van der Waals surface area contributed by atoms with Crippen LogP contribution in [0.3, 0.4) is 0 Å². The summed E-state index contributed by atoms with van der Waals surface area (Å²) in [6.07, 6.45) is 5.42. The molecule has 2 heterocycles. The molecule has 1 aliphatic rings. The molecule has 0 spiro atoms. The molecule has 5 nitrogen and oxygen atoms in total. The maximum Gasteiger partial charge on any atom is 0.156 e. The number of aromatic nitrogens is 4. The van der Waals surface area contributed by atoms with Gasteiger partial charge in [0.15, 0.2) is 5.82 Å². The van der Waals surface area contributed by atoms with Crippen molar-refractivity contribution >= 4 is 16.9 Å². The Morgan fingerprint density at radius 3 is 2.65 bits per heavy atom. The lowest BCUT2D eigenvalue weighted by Crippen LogP contribution is -2.14. The smallest absolute Gasteiger partial charge is 0.156 e. The maximum atomic E-state index is 4.60. The van der Waals surface area contributed by atoms with E-state index in [2.05, 4.69) is 27.3 Å². The quantitative estimate of drug-likeness (QED) is 0.930. The van der Waals surface area contributed by atoms with Crippen LogP contribution in [-0.2, 0) is 6.54 Å². The average Bonchev–Trinajstić information content (AvgIpc) is 3.04. The van der Waals surface area contributed by atoms with Gasteiger partial charge in [0.1, 0.15) is 16.9 Å². The molecule has 1 saturated carbocycles. The van der Waals surface area contributed by atoms with Crippen molar-refractivity contribution in [2.24, 2.45) is 5.92 Å². The topological polar surface area (TPSA) is 55.6 Å². The summed E-state index contributed by atoms with van der Waals surface area (Å²) in [6.45, 7) is 7.92. The van der Waals surface area contributed by atoms with Gasteiger partial charge in [-0.25, -0.2) is 9.97 Å². The Morgan fingerprint density at radius 1 is 1.20 bits per heavy atom. The molecule has 0 aromatic carbocycles. The Balaban J connectivity index is 1.95. The molecule has 0 aliphatic heterocycles. The van der Waals surface area contributed by atoms with E-state index in [-0.39, 0.29) is 0 Å². The molecule has 0 amide bonds. The van der Waals surface area contributed by atoms with Crippen molar-refractivity contribution in [1.29, 1.82) is 0 Å². The number of nitrogens with one attached hydrogen (secondary N) is 1. The molecule has 3 rings (SSSR count). The summed E-state index contributed by atoms with van der Waals surface area (Å²) in [5.41, 5.74) is 3.01. The molecule has 1 N–H and O–H groups in total. The van der Waals surface area contributed by atoms with Gasteiger partial charge in [-0.2, -0.15) is 5.10 Å². The Morgan fingerprint density at radius 2 is 1.95 bits per heavy atom. The van der Waals surface area contributed by atoms with Gasteiger partial charge in [-0.15, -0.1) is 0 Å². The fourth-order valence-corrected chi connectivity index (χ4v) is 3.15. The van der Waals surface area contributed by atoms with E-state index in [0.29, 0.717) is 0 Å². The van der Waals surface area contributed by atoms with Gasteiger partial charge < -0.3 is 5.32 Å². The van der Waals surface area contributed by atoms with Crippen LogP contribution < -0.4 is 5.32 Å². The number of anilines is 1. The summed E-state index contributed by atoms with van der Waals surface area (Å²) in [5.74, 6) is 2.55. The minimum absolute atomic E-state index is 0.791. The summed E-state index contributed by atoms with van der Waals surface area (Å²) in [7, 11) is 0. The van der Waals surface area contributed by atoms with Crippen molar-refractivity contribution in [3.63, 3.8) is 0 Å². The van der Waals surface area contributed by atoms with Crippen LogP contribution in [0.25, 0.3) is 11.0 Å². The fourth-order valence-electron chi connectivity index (χ4n) is 3.15. The van der Waals surface area contributed by atoms with Crippen molar-refractivity contribution in [3.8, 4) is 0 Å².